The molecule has 25 heavy (non-hydrogen) atoms. The van der Waals surface area contributed by atoms with Gasteiger partial charge in [0, 0.05) is 31.0 Å². The van der Waals surface area contributed by atoms with Crippen LogP contribution in [0.2, 0.25) is 0 Å². The molecule has 0 saturated carbocycles. The molecule has 134 valence electrons. The van der Waals surface area contributed by atoms with E-state index in [1.165, 1.54) is 37.2 Å². The van der Waals surface area contributed by atoms with Crippen molar-refractivity contribution >= 4 is 11.4 Å². The van der Waals surface area contributed by atoms with Crippen LogP contribution in [0.3, 0.4) is 0 Å². The van der Waals surface area contributed by atoms with Gasteiger partial charge in [-0.1, -0.05) is 30.3 Å². The molecular weight excluding hydrogens is 310 g/mol. The number of hydrogen-bond acceptors (Lipinski definition) is 4. The first-order valence-electron chi connectivity index (χ1n) is 9.10. The maximum atomic E-state index is 9.29. The van der Waals surface area contributed by atoms with Crippen LogP contribution in [0.4, 0.5) is 11.4 Å². The van der Waals surface area contributed by atoms with E-state index in [4.69, 9.17) is 0 Å². The number of para-hydroxylation sites is 1. The van der Waals surface area contributed by atoms with Gasteiger partial charge in [0.15, 0.2) is 0 Å². The highest BCUT2D eigenvalue weighted by Gasteiger charge is 2.22. The maximum Gasteiger partial charge on any atom is 0.0682 e. The van der Waals surface area contributed by atoms with Crippen molar-refractivity contribution in [1.29, 1.82) is 0 Å². The lowest BCUT2D eigenvalue weighted by Gasteiger charge is -2.37. The maximum absolute atomic E-state index is 9.29. The quantitative estimate of drug-likeness (QED) is 0.847. The molecule has 0 bridgehead atoms. The summed E-state index contributed by atoms with van der Waals surface area (Å²) < 4.78 is 0. The van der Waals surface area contributed by atoms with Crippen molar-refractivity contribution in [3.8, 4) is 0 Å². The molecule has 0 unspecified atom stereocenters. The lowest BCUT2D eigenvalue weighted by molar-refractivity contribution is 0.253. The first-order valence-corrected chi connectivity index (χ1v) is 9.10. The van der Waals surface area contributed by atoms with Crippen molar-refractivity contribution in [1.82, 2.24) is 4.90 Å². The Kier molecular flexibility index (Phi) is 5.95. The molecule has 1 aliphatic rings. The second-order valence-electron chi connectivity index (χ2n) is 6.99. The fraction of sp³-hybridized carbons (Fsp3) is 0.429. The number of hydrogen-bond donors (Lipinski definition) is 2. The zero-order valence-electron chi connectivity index (χ0n) is 15.3. The van der Waals surface area contributed by atoms with Crippen molar-refractivity contribution in [2.24, 2.45) is 0 Å². The first-order chi connectivity index (χ1) is 12.2. The third-order valence-electron chi connectivity index (χ3n) is 5.20. The molecule has 1 aliphatic heterocycles. The summed E-state index contributed by atoms with van der Waals surface area (Å²) >= 11 is 0. The average Bonchev–Trinajstić information content (AvgIpc) is 2.67. The zero-order valence-corrected chi connectivity index (χ0v) is 15.3. The molecule has 0 aromatic heterocycles. The van der Waals surface area contributed by atoms with E-state index < -0.39 is 0 Å². The third-order valence-corrected chi connectivity index (χ3v) is 5.20. The van der Waals surface area contributed by atoms with Gasteiger partial charge in [0.25, 0.3) is 0 Å². The van der Waals surface area contributed by atoms with Gasteiger partial charge in [0.1, 0.15) is 0 Å². The van der Waals surface area contributed by atoms with Crippen LogP contribution in [-0.4, -0.2) is 43.2 Å². The highest BCUT2D eigenvalue weighted by Crippen LogP contribution is 2.26. The molecule has 0 amide bonds. The second-order valence-corrected chi connectivity index (χ2v) is 6.99. The molecule has 0 spiro atoms. The fourth-order valence-electron chi connectivity index (χ4n) is 3.56. The van der Waals surface area contributed by atoms with Crippen LogP contribution in [0, 0.1) is 0 Å². The molecule has 0 atom stereocenters. The number of aliphatic hydroxyl groups is 1. The standard InChI is InChI=1S/C21H29N3O/c1-23-12-10-20(11-13-23)24(2)21-9-4-3-7-18(21)15-22-19-8-5-6-17(14-19)16-25/h3-9,14,20,22,25H,10-13,15-16H2,1-2H3. The van der Waals surface area contributed by atoms with E-state index in [1.54, 1.807) is 0 Å². The minimum atomic E-state index is 0.0744. The summed E-state index contributed by atoms with van der Waals surface area (Å²) in [6.07, 6.45) is 2.43. The van der Waals surface area contributed by atoms with Crippen molar-refractivity contribution < 1.29 is 5.11 Å². The first kappa shape index (κ1) is 17.8. The molecule has 1 heterocycles. The molecule has 1 saturated heterocycles. The number of nitrogens with one attached hydrogen (secondary N) is 1. The Labute approximate surface area is 151 Å². The zero-order chi connectivity index (χ0) is 17.6. The predicted molar refractivity (Wildman–Crippen MR) is 105 cm³/mol. The highest BCUT2D eigenvalue weighted by molar-refractivity contribution is 5.56. The number of benzene rings is 2. The Morgan fingerprint density at radius 1 is 1.12 bits per heavy atom. The smallest absolute Gasteiger partial charge is 0.0682 e. The molecule has 3 rings (SSSR count). The van der Waals surface area contributed by atoms with E-state index in [-0.39, 0.29) is 6.61 Å². The Morgan fingerprint density at radius 2 is 1.88 bits per heavy atom. The minimum Gasteiger partial charge on any atom is -0.392 e. The summed E-state index contributed by atoms with van der Waals surface area (Å²) in [7, 11) is 4.43. The summed E-state index contributed by atoms with van der Waals surface area (Å²) in [5, 5.41) is 12.8. The van der Waals surface area contributed by atoms with Crippen LogP contribution in [0.5, 0.6) is 0 Å². The highest BCUT2D eigenvalue weighted by atomic mass is 16.3. The van der Waals surface area contributed by atoms with Crippen LogP contribution in [0.25, 0.3) is 0 Å². The topological polar surface area (TPSA) is 38.7 Å². The number of anilines is 2. The average molecular weight is 339 g/mol. The van der Waals surface area contributed by atoms with Gasteiger partial charge >= 0.3 is 0 Å². The molecule has 0 radical (unpaired) electrons. The minimum absolute atomic E-state index is 0.0744. The van der Waals surface area contributed by atoms with Gasteiger partial charge < -0.3 is 20.2 Å². The van der Waals surface area contributed by atoms with E-state index in [1.807, 2.05) is 24.3 Å². The number of rotatable bonds is 6. The molecule has 0 aliphatic carbocycles. The van der Waals surface area contributed by atoms with E-state index in [9.17, 15) is 5.11 Å². The SMILES string of the molecule is CN1CCC(N(C)c2ccccc2CNc2cccc(CO)c2)CC1. The molecule has 4 heteroatoms. The molecule has 4 nitrogen and oxygen atoms in total. The molecule has 1 fully saturated rings. The van der Waals surface area contributed by atoms with Gasteiger partial charge in [-0.3, -0.25) is 0 Å². The van der Waals surface area contributed by atoms with E-state index in [0.717, 1.165) is 17.8 Å². The van der Waals surface area contributed by atoms with Crippen LogP contribution in [-0.2, 0) is 13.2 Å². The predicted octanol–water partition coefficient (Wildman–Crippen LogP) is 3.32. The Balaban J connectivity index is 1.70. The lowest BCUT2D eigenvalue weighted by Crippen LogP contribution is -2.42. The molecule has 2 aromatic rings. The van der Waals surface area contributed by atoms with Crippen LogP contribution in [0.15, 0.2) is 48.5 Å². The molecule has 2 N–H and O–H groups in total. The summed E-state index contributed by atoms with van der Waals surface area (Å²) in [5.74, 6) is 0. The number of aliphatic hydroxyl groups excluding tert-OH is 1. The summed E-state index contributed by atoms with van der Waals surface area (Å²) in [4.78, 5) is 4.86. The Bertz CT molecular complexity index is 680. The van der Waals surface area contributed by atoms with Gasteiger partial charge in [-0.25, -0.2) is 0 Å². The van der Waals surface area contributed by atoms with Crippen molar-refractivity contribution in [2.75, 3.05) is 37.4 Å². The lowest BCUT2D eigenvalue weighted by atomic mass is 10.0. The van der Waals surface area contributed by atoms with Crippen LogP contribution in [0.1, 0.15) is 24.0 Å². The van der Waals surface area contributed by atoms with Gasteiger partial charge in [-0.15, -0.1) is 0 Å². The van der Waals surface area contributed by atoms with Gasteiger partial charge in [-0.2, -0.15) is 0 Å². The normalized spacial score (nSPS) is 16.0. The van der Waals surface area contributed by atoms with Gasteiger partial charge in [0.05, 0.1) is 6.61 Å². The van der Waals surface area contributed by atoms with Crippen LogP contribution < -0.4 is 10.2 Å². The largest absolute Gasteiger partial charge is 0.392 e. The number of nitrogens with zero attached hydrogens (tertiary/aromatic N) is 2. The van der Waals surface area contributed by atoms with E-state index in [0.29, 0.717) is 6.04 Å². The summed E-state index contributed by atoms with van der Waals surface area (Å²) in [6, 6.07) is 17.2. The number of piperidine rings is 1. The second kappa shape index (κ2) is 8.37. The third kappa shape index (κ3) is 4.53. The molecule has 2 aromatic carbocycles. The molecular formula is C21H29N3O. The van der Waals surface area contributed by atoms with E-state index >= 15 is 0 Å². The van der Waals surface area contributed by atoms with Crippen molar-refractivity contribution in [2.45, 2.75) is 32.0 Å². The fourth-order valence-corrected chi connectivity index (χ4v) is 3.56. The van der Waals surface area contributed by atoms with Crippen LogP contribution >= 0.6 is 0 Å². The van der Waals surface area contributed by atoms with Crippen molar-refractivity contribution in [3.63, 3.8) is 0 Å². The summed E-state index contributed by atoms with van der Waals surface area (Å²) in [5.41, 5.74) is 4.59. The Hall–Kier alpha value is -2.04. The van der Waals surface area contributed by atoms with Crippen molar-refractivity contribution in [3.05, 3.63) is 59.7 Å². The van der Waals surface area contributed by atoms with Gasteiger partial charge in [0.2, 0.25) is 0 Å². The summed E-state index contributed by atoms with van der Waals surface area (Å²) in [6.45, 7) is 3.19. The van der Waals surface area contributed by atoms with E-state index in [2.05, 4.69) is 53.5 Å². The number of likely N-dealkylation sites (tertiary alicyclic amines) is 1. The van der Waals surface area contributed by atoms with Gasteiger partial charge in [-0.05, 0) is 62.3 Å². The monoisotopic (exact) mass is 339 g/mol. The Morgan fingerprint density at radius 3 is 2.64 bits per heavy atom.